The predicted octanol–water partition coefficient (Wildman–Crippen LogP) is 7.44. The Balaban J connectivity index is 1.47. The Hall–Kier alpha value is -0.0400. The predicted molar refractivity (Wildman–Crippen MR) is 121 cm³/mol. The molecule has 4 unspecified atom stereocenters. The van der Waals surface area contributed by atoms with Crippen molar-refractivity contribution in [1.29, 1.82) is 0 Å². The fraction of sp³-hybridized carbons (Fsp3) is 1.00. The second-order valence-corrected chi connectivity index (χ2v) is 12.7. The van der Waals surface area contributed by atoms with Gasteiger partial charge in [0.05, 0.1) is 0 Å². The molecule has 0 aromatic rings. The van der Waals surface area contributed by atoms with E-state index in [1.165, 1.54) is 77.0 Å². The summed E-state index contributed by atoms with van der Waals surface area (Å²) in [5.41, 5.74) is 7.71. The van der Waals surface area contributed by atoms with Crippen LogP contribution in [0.1, 0.15) is 112 Å². The fourth-order valence-electron chi connectivity index (χ4n) is 9.43. The zero-order chi connectivity index (χ0) is 20.1. The summed E-state index contributed by atoms with van der Waals surface area (Å²) in [6.45, 7) is 12.8. The topological polar surface area (TPSA) is 26.0 Å². The van der Waals surface area contributed by atoms with E-state index in [4.69, 9.17) is 5.73 Å². The van der Waals surface area contributed by atoms with Crippen LogP contribution in [0.2, 0.25) is 0 Å². The lowest BCUT2D eigenvalue weighted by molar-refractivity contribution is -0.117. The average Bonchev–Trinajstić information content (AvgIpc) is 2.98. The molecule has 0 aromatic carbocycles. The van der Waals surface area contributed by atoms with E-state index in [1.807, 2.05) is 0 Å². The molecule has 0 spiro atoms. The van der Waals surface area contributed by atoms with E-state index < -0.39 is 0 Å². The zero-order valence-corrected chi connectivity index (χ0v) is 19.7. The van der Waals surface area contributed by atoms with E-state index in [0.717, 1.165) is 41.4 Å². The molecule has 4 saturated carbocycles. The molecule has 4 aliphatic rings. The van der Waals surface area contributed by atoms with Crippen LogP contribution in [0.4, 0.5) is 0 Å². The lowest BCUT2D eigenvalue weighted by atomic mass is 9.44. The third kappa shape index (κ3) is 3.50. The summed E-state index contributed by atoms with van der Waals surface area (Å²) < 4.78 is 0. The van der Waals surface area contributed by atoms with Gasteiger partial charge in [-0.25, -0.2) is 0 Å². The van der Waals surface area contributed by atoms with Crippen molar-refractivity contribution in [3.05, 3.63) is 0 Å². The summed E-state index contributed by atoms with van der Waals surface area (Å²) >= 11 is 0. The lowest BCUT2D eigenvalue weighted by Gasteiger charge is -2.61. The van der Waals surface area contributed by atoms with E-state index in [0.29, 0.717) is 16.9 Å². The molecule has 2 N–H and O–H groups in total. The molecule has 0 amide bonds. The molecule has 9 atom stereocenters. The normalized spacial score (nSPS) is 49.4. The molecular weight excluding hydrogens is 338 g/mol. The quantitative estimate of drug-likeness (QED) is 0.521. The maximum atomic E-state index is 6.51. The van der Waals surface area contributed by atoms with E-state index in [-0.39, 0.29) is 0 Å². The van der Waals surface area contributed by atoms with Crippen LogP contribution in [0.5, 0.6) is 0 Å². The summed E-state index contributed by atoms with van der Waals surface area (Å²) in [5.74, 6) is 6.77. The van der Waals surface area contributed by atoms with Gasteiger partial charge in [-0.2, -0.15) is 0 Å². The third-order valence-corrected chi connectivity index (χ3v) is 10.9. The van der Waals surface area contributed by atoms with Crippen LogP contribution in [-0.2, 0) is 0 Å². The molecule has 162 valence electrons. The Kier molecular flexibility index (Phi) is 5.98. The zero-order valence-electron chi connectivity index (χ0n) is 19.7. The van der Waals surface area contributed by atoms with Crippen molar-refractivity contribution < 1.29 is 0 Å². The standard InChI is InChI=1S/C27H49N/c1-18(2)7-6-8-19(3)23-13-14-24-22-12-10-20-9-11-21(28)17-27(20,5)25(22)15-16-26(23,24)4/h18-25H,6-17,28H2,1-5H3/t19-,20?,21-,22?,23-,24?,25?,26-,27+/m1/s1. The summed E-state index contributed by atoms with van der Waals surface area (Å²) in [6, 6.07) is 0.477. The Morgan fingerprint density at radius 1 is 0.821 bits per heavy atom. The highest BCUT2D eigenvalue weighted by atomic mass is 14.7. The van der Waals surface area contributed by atoms with Crippen molar-refractivity contribution in [3.63, 3.8) is 0 Å². The molecule has 0 saturated heterocycles. The van der Waals surface area contributed by atoms with Crippen molar-refractivity contribution in [2.45, 2.75) is 118 Å². The van der Waals surface area contributed by atoms with Crippen molar-refractivity contribution in [3.8, 4) is 0 Å². The number of hydrogen-bond acceptors (Lipinski definition) is 1. The van der Waals surface area contributed by atoms with Crippen molar-refractivity contribution in [2.75, 3.05) is 0 Å². The monoisotopic (exact) mass is 387 g/mol. The van der Waals surface area contributed by atoms with Crippen molar-refractivity contribution in [2.24, 2.45) is 58.0 Å². The highest BCUT2D eigenvalue weighted by Crippen LogP contribution is 2.68. The summed E-state index contributed by atoms with van der Waals surface area (Å²) in [5, 5.41) is 0. The van der Waals surface area contributed by atoms with E-state index in [1.54, 1.807) is 0 Å². The summed E-state index contributed by atoms with van der Waals surface area (Å²) in [7, 11) is 0. The van der Waals surface area contributed by atoms with Crippen LogP contribution in [0.15, 0.2) is 0 Å². The van der Waals surface area contributed by atoms with E-state index in [9.17, 15) is 0 Å². The highest BCUT2D eigenvalue weighted by molar-refractivity contribution is 5.10. The second kappa shape index (κ2) is 7.90. The van der Waals surface area contributed by atoms with Gasteiger partial charge in [0.25, 0.3) is 0 Å². The van der Waals surface area contributed by atoms with Gasteiger partial charge in [0.2, 0.25) is 0 Å². The number of rotatable bonds is 5. The largest absolute Gasteiger partial charge is 0.328 e. The SMILES string of the molecule is CC(C)CCC[C@@H](C)[C@H]1CCC2C3CCC4CC[C@@H](N)C[C@]4(C)C3CC[C@@]21C. The minimum atomic E-state index is 0.477. The first-order valence-electron chi connectivity index (χ1n) is 13.0. The molecule has 4 aliphatic carbocycles. The summed E-state index contributed by atoms with van der Waals surface area (Å²) in [4.78, 5) is 0. The van der Waals surface area contributed by atoms with Gasteiger partial charge in [0.1, 0.15) is 0 Å². The molecule has 0 aromatic heterocycles. The van der Waals surface area contributed by atoms with Crippen molar-refractivity contribution >= 4 is 0 Å². The fourth-order valence-corrected chi connectivity index (χ4v) is 9.43. The third-order valence-electron chi connectivity index (χ3n) is 10.9. The molecule has 1 heteroatoms. The van der Waals surface area contributed by atoms with Gasteiger partial charge >= 0.3 is 0 Å². The molecule has 4 rings (SSSR count). The first-order valence-corrected chi connectivity index (χ1v) is 13.0. The van der Waals surface area contributed by atoms with Gasteiger partial charge in [0, 0.05) is 6.04 Å². The minimum Gasteiger partial charge on any atom is -0.328 e. The average molecular weight is 388 g/mol. The Bertz CT molecular complexity index is 540. The first kappa shape index (κ1) is 21.2. The maximum Gasteiger partial charge on any atom is 0.00443 e. The molecule has 0 aliphatic heterocycles. The van der Waals surface area contributed by atoms with Gasteiger partial charge in [-0.15, -0.1) is 0 Å². The van der Waals surface area contributed by atoms with E-state index in [2.05, 4.69) is 34.6 Å². The Labute approximate surface area is 176 Å². The number of fused-ring (bicyclic) bond motifs is 5. The van der Waals surface area contributed by atoms with Gasteiger partial charge < -0.3 is 5.73 Å². The van der Waals surface area contributed by atoms with Crippen molar-refractivity contribution in [1.82, 2.24) is 0 Å². The van der Waals surface area contributed by atoms with Crippen LogP contribution in [0, 0.1) is 52.3 Å². The van der Waals surface area contributed by atoms with E-state index >= 15 is 0 Å². The Morgan fingerprint density at radius 3 is 2.29 bits per heavy atom. The van der Waals surface area contributed by atoms with Crippen LogP contribution in [0.3, 0.4) is 0 Å². The molecule has 0 bridgehead atoms. The lowest BCUT2D eigenvalue weighted by Crippen LogP contribution is -2.55. The van der Waals surface area contributed by atoms with Crippen LogP contribution >= 0.6 is 0 Å². The molecule has 28 heavy (non-hydrogen) atoms. The first-order chi connectivity index (χ1) is 13.3. The molecule has 4 fully saturated rings. The van der Waals surface area contributed by atoms with Gasteiger partial charge in [-0.05, 0) is 110 Å². The molecule has 0 heterocycles. The minimum absolute atomic E-state index is 0.477. The maximum absolute atomic E-state index is 6.51. The number of nitrogens with two attached hydrogens (primary N) is 1. The van der Waals surface area contributed by atoms with Crippen LogP contribution in [-0.4, -0.2) is 6.04 Å². The van der Waals surface area contributed by atoms with Gasteiger partial charge in [-0.3, -0.25) is 0 Å². The molecule has 0 radical (unpaired) electrons. The summed E-state index contributed by atoms with van der Waals surface area (Å²) in [6.07, 6.45) is 17.5. The van der Waals surface area contributed by atoms with Gasteiger partial charge in [-0.1, -0.05) is 53.9 Å². The van der Waals surface area contributed by atoms with Gasteiger partial charge in [0.15, 0.2) is 0 Å². The molecular formula is C27H49N. The second-order valence-electron chi connectivity index (χ2n) is 12.7. The number of hydrogen-bond donors (Lipinski definition) is 1. The highest BCUT2D eigenvalue weighted by Gasteiger charge is 2.60. The Morgan fingerprint density at radius 2 is 1.54 bits per heavy atom. The molecule has 1 nitrogen and oxygen atoms in total. The van der Waals surface area contributed by atoms with Crippen LogP contribution < -0.4 is 5.73 Å². The smallest absolute Gasteiger partial charge is 0.00443 e. The van der Waals surface area contributed by atoms with Crippen LogP contribution in [0.25, 0.3) is 0 Å².